The van der Waals surface area contributed by atoms with Crippen LogP contribution in [0, 0.1) is 12.8 Å². The van der Waals surface area contributed by atoms with Crippen LogP contribution in [0.3, 0.4) is 0 Å². The van der Waals surface area contributed by atoms with Crippen molar-refractivity contribution in [2.75, 3.05) is 13.1 Å². The largest absolute Gasteiger partial charge is 0.339 e. The zero-order valence-corrected chi connectivity index (χ0v) is 16.7. The van der Waals surface area contributed by atoms with E-state index in [1.54, 1.807) is 4.68 Å². The fraction of sp³-hybridized carbons (Fsp3) is 0.409. The first-order valence-corrected chi connectivity index (χ1v) is 9.90. The van der Waals surface area contributed by atoms with E-state index in [0.717, 1.165) is 53.9 Å². The van der Waals surface area contributed by atoms with Crippen molar-refractivity contribution in [1.82, 2.24) is 19.7 Å². The average molecular weight is 377 g/mol. The Kier molecular flexibility index (Phi) is 4.89. The van der Waals surface area contributed by atoms with Gasteiger partial charge in [-0.15, -0.1) is 0 Å². The molecule has 1 aliphatic rings. The van der Waals surface area contributed by atoms with Crippen molar-refractivity contribution < 1.29 is 4.79 Å². The molecule has 3 heterocycles. The van der Waals surface area contributed by atoms with Gasteiger partial charge >= 0.3 is 0 Å². The number of hydrogen-bond acceptors (Lipinski definition) is 4. The summed E-state index contributed by atoms with van der Waals surface area (Å²) in [4.78, 5) is 20.2. The van der Waals surface area contributed by atoms with Gasteiger partial charge in [-0.3, -0.25) is 9.48 Å². The average Bonchev–Trinajstić information content (AvgIpc) is 3.01. The van der Waals surface area contributed by atoms with Crippen molar-refractivity contribution in [2.24, 2.45) is 18.7 Å². The molecule has 6 nitrogen and oxygen atoms in total. The molecule has 1 unspecified atom stereocenters. The Morgan fingerprint density at radius 1 is 1.21 bits per heavy atom. The van der Waals surface area contributed by atoms with Crippen LogP contribution in [-0.4, -0.2) is 44.7 Å². The monoisotopic (exact) mass is 377 g/mol. The molecule has 146 valence electrons. The number of carbonyl (C=O) groups is 1. The number of pyridine rings is 1. The second kappa shape index (κ2) is 7.36. The molecule has 2 N–H and O–H groups in total. The number of carbonyl (C=O) groups excluding carboxylic acids is 1. The molecule has 1 fully saturated rings. The predicted octanol–water partition coefficient (Wildman–Crippen LogP) is 3.14. The molecule has 1 atom stereocenters. The smallest absolute Gasteiger partial charge is 0.254 e. The summed E-state index contributed by atoms with van der Waals surface area (Å²) in [5.74, 6) is 0.547. The summed E-state index contributed by atoms with van der Waals surface area (Å²) in [6.07, 6.45) is 1.91. The van der Waals surface area contributed by atoms with E-state index in [1.807, 2.05) is 55.3 Å². The Labute approximate surface area is 165 Å². The number of nitrogens with zero attached hydrogens (tertiary/aromatic N) is 4. The molecule has 2 aromatic heterocycles. The first kappa shape index (κ1) is 18.6. The highest BCUT2D eigenvalue weighted by atomic mass is 16.2. The maximum atomic E-state index is 13.5. The van der Waals surface area contributed by atoms with E-state index in [1.165, 1.54) is 0 Å². The Balaban J connectivity index is 1.76. The van der Waals surface area contributed by atoms with E-state index in [4.69, 9.17) is 10.7 Å². The lowest BCUT2D eigenvalue weighted by Crippen LogP contribution is -2.42. The van der Waals surface area contributed by atoms with Crippen molar-refractivity contribution in [1.29, 1.82) is 0 Å². The molecule has 0 radical (unpaired) electrons. The quantitative estimate of drug-likeness (QED) is 0.761. The van der Waals surface area contributed by atoms with Gasteiger partial charge in [0.15, 0.2) is 5.65 Å². The van der Waals surface area contributed by atoms with Crippen LogP contribution in [0.15, 0.2) is 36.4 Å². The minimum Gasteiger partial charge on any atom is -0.339 e. The third kappa shape index (κ3) is 3.29. The van der Waals surface area contributed by atoms with Gasteiger partial charge in [0.05, 0.1) is 22.3 Å². The van der Waals surface area contributed by atoms with E-state index in [9.17, 15) is 4.79 Å². The minimum atomic E-state index is 0.0591. The summed E-state index contributed by atoms with van der Waals surface area (Å²) in [6.45, 7) is 5.48. The van der Waals surface area contributed by atoms with Crippen LogP contribution >= 0.6 is 0 Å². The Bertz CT molecular complexity index is 1000. The van der Waals surface area contributed by atoms with Gasteiger partial charge in [-0.1, -0.05) is 30.3 Å². The zero-order chi connectivity index (χ0) is 19.8. The highest BCUT2D eigenvalue weighted by Crippen LogP contribution is 2.29. The first-order valence-electron chi connectivity index (χ1n) is 9.90. The second-order valence-corrected chi connectivity index (χ2v) is 7.82. The number of nitrogens with two attached hydrogens (primary N) is 1. The number of aryl methyl sites for hydroxylation is 2. The summed E-state index contributed by atoms with van der Waals surface area (Å²) in [7, 11) is 1.87. The van der Waals surface area contributed by atoms with Crippen LogP contribution in [0.4, 0.5) is 0 Å². The van der Waals surface area contributed by atoms with E-state index in [0.29, 0.717) is 11.5 Å². The molecular weight excluding hydrogens is 350 g/mol. The lowest BCUT2D eigenvalue weighted by Gasteiger charge is -2.34. The van der Waals surface area contributed by atoms with E-state index >= 15 is 0 Å². The molecule has 1 aromatic carbocycles. The molecule has 0 saturated carbocycles. The predicted molar refractivity (Wildman–Crippen MR) is 111 cm³/mol. The summed E-state index contributed by atoms with van der Waals surface area (Å²) in [5.41, 5.74) is 10.1. The van der Waals surface area contributed by atoms with Gasteiger partial charge in [-0.2, -0.15) is 5.10 Å². The number of aromatic nitrogens is 3. The first-order chi connectivity index (χ1) is 13.5. The molecule has 3 aromatic rings. The number of piperidine rings is 1. The van der Waals surface area contributed by atoms with Gasteiger partial charge in [0.1, 0.15) is 0 Å². The maximum absolute atomic E-state index is 13.5. The van der Waals surface area contributed by atoms with E-state index in [2.05, 4.69) is 12.0 Å². The number of rotatable bonds is 3. The van der Waals surface area contributed by atoms with Gasteiger partial charge in [0.25, 0.3) is 5.91 Å². The fourth-order valence-corrected chi connectivity index (χ4v) is 4.17. The molecule has 0 bridgehead atoms. The van der Waals surface area contributed by atoms with Crippen LogP contribution in [0.2, 0.25) is 0 Å². The highest BCUT2D eigenvalue weighted by molar-refractivity contribution is 6.07. The Hall–Kier alpha value is -2.73. The van der Waals surface area contributed by atoms with Crippen molar-refractivity contribution in [3.05, 3.63) is 47.7 Å². The molecular formula is C22H27N5O. The minimum absolute atomic E-state index is 0.0591. The summed E-state index contributed by atoms with van der Waals surface area (Å²) >= 11 is 0. The molecule has 1 saturated heterocycles. The molecule has 28 heavy (non-hydrogen) atoms. The van der Waals surface area contributed by atoms with Crippen molar-refractivity contribution in [2.45, 2.75) is 32.7 Å². The number of benzene rings is 1. The highest BCUT2D eigenvalue weighted by Gasteiger charge is 2.28. The third-order valence-corrected chi connectivity index (χ3v) is 5.84. The lowest BCUT2D eigenvalue weighted by molar-refractivity contribution is 0.0683. The topological polar surface area (TPSA) is 77.0 Å². The number of likely N-dealkylation sites (tertiary alicyclic amines) is 1. The standard InChI is InChI=1S/C22H27N5O/c1-14(23)16-9-11-27(12-10-16)22(28)18-13-19(17-7-5-4-6-8-17)24-21-20(18)15(2)25-26(21)3/h4-8,13-14,16H,9-12,23H2,1-3H3. The van der Waals surface area contributed by atoms with Crippen LogP contribution in [0.5, 0.6) is 0 Å². The number of amides is 1. The third-order valence-electron chi connectivity index (χ3n) is 5.84. The Morgan fingerprint density at radius 3 is 2.54 bits per heavy atom. The van der Waals surface area contributed by atoms with E-state index in [-0.39, 0.29) is 11.9 Å². The Morgan fingerprint density at radius 2 is 1.89 bits per heavy atom. The summed E-state index contributed by atoms with van der Waals surface area (Å²) in [6, 6.07) is 12.1. The SMILES string of the molecule is Cc1nn(C)c2nc(-c3ccccc3)cc(C(=O)N3CCC(C(C)N)CC3)c12. The van der Waals surface area contributed by atoms with Gasteiger partial charge < -0.3 is 10.6 Å². The van der Waals surface area contributed by atoms with Gasteiger partial charge in [-0.25, -0.2) is 4.98 Å². The van der Waals surface area contributed by atoms with Crippen LogP contribution < -0.4 is 5.73 Å². The normalized spacial score (nSPS) is 16.5. The van der Waals surface area contributed by atoms with Crippen molar-refractivity contribution in [3.63, 3.8) is 0 Å². The fourth-order valence-electron chi connectivity index (χ4n) is 4.17. The molecule has 1 amide bonds. The van der Waals surface area contributed by atoms with Crippen molar-refractivity contribution in [3.8, 4) is 11.3 Å². The summed E-state index contributed by atoms with van der Waals surface area (Å²) < 4.78 is 1.76. The molecule has 1 aliphatic heterocycles. The van der Waals surface area contributed by atoms with Gasteiger partial charge in [0.2, 0.25) is 0 Å². The lowest BCUT2D eigenvalue weighted by atomic mass is 9.90. The van der Waals surface area contributed by atoms with E-state index < -0.39 is 0 Å². The number of fused-ring (bicyclic) bond motifs is 1. The molecule has 0 spiro atoms. The zero-order valence-electron chi connectivity index (χ0n) is 16.7. The second-order valence-electron chi connectivity index (χ2n) is 7.82. The molecule has 0 aliphatic carbocycles. The van der Waals surface area contributed by atoms with Crippen LogP contribution in [-0.2, 0) is 7.05 Å². The maximum Gasteiger partial charge on any atom is 0.254 e. The van der Waals surface area contributed by atoms with Gasteiger partial charge in [0, 0.05) is 31.7 Å². The molecule has 6 heteroatoms. The van der Waals surface area contributed by atoms with Crippen LogP contribution in [0.1, 0.15) is 35.8 Å². The number of hydrogen-bond donors (Lipinski definition) is 1. The van der Waals surface area contributed by atoms with Gasteiger partial charge in [-0.05, 0) is 38.7 Å². The van der Waals surface area contributed by atoms with Crippen LogP contribution in [0.25, 0.3) is 22.3 Å². The summed E-state index contributed by atoms with van der Waals surface area (Å²) in [5, 5.41) is 5.36. The molecule has 4 rings (SSSR count). The van der Waals surface area contributed by atoms with Crippen molar-refractivity contribution >= 4 is 16.9 Å².